The molecule has 0 bridgehead atoms. The van der Waals surface area contributed by atoms with Crippen LogP contribution in [0.1, 0.15) is 32.6 Å². The quantitative estimate of drug-likeness (QED) is 0.210. The van der Waals surface area contributed by atoms with Gasteiger partial charge >= 0.3 is 12.4 Å². The molecule has 14 heteroatoms. The smallest absolute Gasteiger partial charge is 0.416 e. The number of alkyl halides is 6. The van der Waals surface area contributed by atoms with Gasteiger partial charge in [0.05, 0.1) is 30.4 Å². The predicted molar refractivity (Wildman–Crippen MR) is 128 cm³/mol. The number of phenols is 1. The number of hydrazine groups is 1. The monoisotopic (exact) mass is 578 g/mol. The number of aromatic hydroxyl groups is 1. The van der Waals surface area contributed by atoms with Crippen molar-refractivity contribution in [2.75, 3.05) is 14.2 Å². The van der Waals surface area contributed by atoms with Crippen LogP contribution in [0.25, 0.3) is 0 Å². The first kappa shape index (κ1) is 29.7. The molecule has 0 unspecified atom stereocenters. The van der Waals surface area contributed by atoms with Crippen molar-refractivity contribution in [3.05, 3.63) is 81.4 Å². The summed E-state index contributed by atoms with van der Waals surface area (Å²) in [5.41, 5.74) is 2.51. The number of phenolic OH excluding ortho intramolecular Hbond substituents is 1. The molecule has 3 rings (SSSR count). The molecule has 0 aliphatic rings. The Bertz CT molecular complexity index is 1290. The number of amides is 1. The molecule has 0 fully saturated rings. The zero-order chi connectivity index (χ0) is 29.0. The van der Waals surface area contributed by atoms with E-state index in [2.05, 4.69) is 10.9 Å². The second-order valence-corrected chi connectivity index (χ2v) is 8.41. The molecule has 0 atom stereocenters. The molecule has 0 aromatic heterocycles. The Labute approximate surface area is 223 Å². The van der Waals surface area contributed by atoms with Crippen molar-refractivity contribution in [2.45, 2.75) is 25.5 Å². The van der Waals surface area contributed by atoms with Crippen LogP contribution in [0.3, 0.4) is 0 Å². The molecular formula is C25H21ClF6N2O5. The van der Waals surface area contributed by atoms with Gasteiger partial charge in [-0.1, -0.05) is 11.6 Å². The van der Waals surface area contributed by atoms with Gasteiger partial charge in [0.2, 0.25) is 5.75 Å². The highest BCUT2D eigenvalue weighted by Crippen LogP contribution is 2.40. The highest BCUT2D eigenvalue weighted by Gasteiger charge is 2.37. The number of methoxy groups -OCH3 is 2. The van der Waals surface area contributed by atoms with Crippen molar-refractivity contribution >= 4 is 17.5 Å². The highest BCUT2D eigenvalue weighted by atomic mass is 35.5. The molecule has 0 heterocycles. The topological polar surface area (TPSA) is 89.1 Å². The summed E-state index contributed by atoms with van der Waals surface area (Å²) in [5, 5.41) is 9.45. The molecule has 7 nitrogen and oxygen atoms in total. The van der Waals surface area contributed by atoms with Crippen molar-refractivity contribution in [2.24, 2.45) is 0 Å². The fourth-order valence-corrected chi connectivity index (χ4v) is 3.56. The molecule has 3 aromatic rings. The third kappa shape index (κ3) is 7.60. The van der Waals surface area contributed by atoms with Crippen LogP contribution in [0.4, 0.5) is 26.3 Å². The number of nitrogens with one attached hydrogen (secondary N) is 2. The van der Waals surface area contributed by atoms with E-state index in [-0.39, 0.29) is 51.8 Å². The van der Waals surface area contributed by atoms with Gasteiger partial charge in [-0.2, -0.15) is 26.3 Å². The van der Waals surface area contributed by atoms with E-state index < -0.39 is 36.0 Å². The standard InChI is InChI=1S/C25H21ClF6N2O5/c1-37-20-7-13(11-33-34-23(36)15-3-4-19(35)18(26)9-15)8-21(38-2)22(20)39-12-14-5-16(24(27,28)29)10-17(6-14)25(30,31)32/h3-10,33,35H,11-12H2,1-2H3,(H,34,36). The summed E-state index contributed by atoms with van der Waals surface area (Å²) in [4.78, 5) is 12.3. The summed E-state index contributed by atoms with van der Waals surface area (Å²) >= 11 is 5.80. The van der Waals surface area contributed by atoms with Gasteiger partial charge in [-0.25, -0.2) is 5.43 Å². The van der Waals surface area contributed by atoms with Crippen LogP contribution in [0.2, 0.25) is 5.02 Å². The van der Waals surface area contributed by atoms with Crippen molar-refractivity contribution in [3.63, 3.8) is 0 Å². The van der Waals surface area contributed by atoms with Crippen LogP contribution < -0.4 is 25.1 Å². The third-order valence-electron chi connectivity index (χ3n) is 5.26. The molecule has 0 saturated carbocycles. The van der Waals surface area contributed by atoms with E-state index in [1.165, 1.54) is 44.6 Å². The molecule has 3 aromatic carbocycles. The molecule has 210 valence electrons. The van der Waals surface area contributed by atoms with E-state index in [1.807, 2.05) is 0 Å². The fourth-order valence-electron chi connectivity index (χ4n) is 3.38. The average Bonchev–Trinajstić information content (AvgIpc) is 2.87. The predicted octanol–water partition coefficient (Wildman–Crippen LogP) is 6.11. The fraction of sp³-hybridized carbons (Fsp3) is 0.240. The summed E-state index contributed by atoms with van der Waals surface area (Å²) in [6.07, 6.45) is -9.99. The van der Waals surface area contributed by atoms with E-state index >= 15 is 0 Å². The average molecular weight is 579 g/mol. The zero-order valence-corrected chi connectivity index (χ0v) is 21.0. The van der Waals surface area contributed by atoms with Gasteiger partial charge < -0.3 is 19.3 Å². The van der Waals surface area contributed by atoms with Gasteiger partial charge in [0.15, 0.2) is 11.5 Å². The highest BCUT2D eigenvalue weighted by molar-refractivity contribution is 6.32. The minimum Gasteiger partial charge on any atom is -0.506 e. The maximum absolute atomic E-state index is 13.2. The Kier molecular flexibility index (Phi) is 9.07. The van der Waals surface area contributed by atoms with E-state index in [1.54, 1.807) is 0 Å². The van der Waals surface area contributed by atoms with Crippen molar-refractivity contribution in [3.8, 4) is 23.0 Å². The first-order valence-corrected chi connectivity index (χ1v) is 11.3. The lowest BCUT2D eigenvalue weighted by Crippen LogP contribution is -2.36. The van der Waals surface area contributed by atoms with Crippen molar-refractivity contribution in [1.82, 2.24) is 10.9 Å². The number of benzene rings is 3. The maximum Gasteiger partial charge on any atom is 0.416 e. The lowest BCUT2D eigenvalue weighted by Gasteiger charge is -2.18. The lowest BCUT2D eigenvalue weighted by atomic mass is 10.1. The molecule has 0 aliphatic carbocycles. The molecular weight excluding hydrogens is 558 g/mol. The van der Waals surface area contributed by atoms with Crippen molar-refractivity contribution in [1.29, 1.82) is 0 Å². The van der Waals surface area contributed by atoms with Crippen LogP contribution in [0, 0.1) is 0 Å². The first-order chi connectivity index (χ1) is 18.2. The van der Waals surface area contributed by atoms with Crippen LogP contribution in [-0.4, -0.2) is 25.2 Å². The summed E-state index contributed by atoms with van der Waals surface area (Å²) in [7, 11) is 2.56. The molecule has 0 aliphatic heterocycles. The van der Waals surface area contributed by atoms with Crippen LogP contribution >= 0.6 is 11.6 Å². The first-order valence-electron chi connectivity index (χ1n) is 10.9. The Balaban J connectivity index is 1.76. The minimum absolute atomic E-state index is 0.00697. The zero-order valence-electron chi connectivity index (χ0n) is 20.3. The van der Waals surface area contributed by atoms with E-state index in [0.29, 0.717) is 17.7 Å². The van der Waals surface area contributed by atoms with Crippen LogP contribution in [0.15, 0.2) is 48.5 Å². The Hall–Kier alpha value is -3.84. The SMILES string of the molecule is COc1cc(CNNC(=O)c2ccc(O)c(Cl)c2)cc(OC)c1OCc1cc(C(F)(F)F)cc(C(F)(F)F)c1. The largest absolute Gasteiger partial charge is 0.506 e. The Morgan fingerprint density at radius 2 is 1.44 bits per heavy atom. The number of ether oxygens (including phenoxy) is 3. The Morgan fingerprint density at radius 3 is 1.92 bits per heavy atom. The normalized spacial score (nSPS) is 11.7. The number of carbonyl (C=O) groups is 1. The summed E-state index contributed by atoms with van der Waals surface area (Å²) in [5.74, 6) is -0.638. The molecule has 0 radical (unpaired) electrons. The van der Waals surface area contributed by atoms with Gasteiger partial charge in [-0.3, -0.25) is 10.2 Å². The number of carbonyl (C=O) groups excluding carboxylic acids is 1. The molecule has 1 amide bonds. The van der Waals surface area contributed by atoms with Gasteiger partial charge in [0.1, 0.15) is 12.4 Å². The number of hydrogen-bond donors (Lipinski definition) is 3. The summed E-state index contributed by atoms with van der Waals surface area (Å²) in [6, 6.07) is 8.00. The molecule has 0 saturated heterocycles. The Morgan fingerprint density at radius 1 is 0.872 bits per heavy atom. The molecule has 39 heavy (non-hydrogen) atoms. The minimum atomic E-state index is -5.00. The van der Waals surface area contributed by atoms with Crippen molar-refractivity contribution < 1.29 is 50.5 Å². The second-order valence-electron chi connectivity index (χ2n) is 8.01. The van der Waals surface area contributed by atoms with Gasteiger partial charge in [0, 0.05) is 12.1 Å². The third-order valence-corrected chi connectivity index (χ3v) is 5.56. The van der Waals surface area contributed by atoms with Crippen LogP contribution in [-0.2, 0) is 25.5 Å². The maximum atomic E-state index is 13.2. The lowest BCUT2D eigenvalue weighted by molar-refractivity contribution is -0.143. The number of rotatable bonds is 9. The molecule has 3 N–H and O–H groups in total. The number of halogens is 7. The van der Waals surface area contributed by atoms with E-state index in [9.17, 15) is 36.2 Å². The second kappa shape index (κ2) is 11.9. The van der Waals surface area contributed by atoms with E-state index in [0.717, 1.165) is 0 Å². The van der Waals surface area contributed by atoms with Gasteiger partial charge in [-0.15, -0.1) is 0 Å². The van der Waals surface area contributed by atoms with Crippen LogP contribution in [0.5, 0.6) is 23.0 Å². The summed E-state index contributed by atoms with van der Waals surface area (Å²) in [6.45, 7) is -0.601. The van der Waals surface area contributed by atoms with E-state index in [4.69, 9.17) is 25.8 Å². The van der Waals surface area contributed by atoms with Gasteiger partial charge in [-0.05, 0) is 59.7 Å². The van der Waals surface area contributed by atoms with Gasteiger partial charge in [0.25, 0.3) is 5.91 Å². The number of hydrogen-bond acceptors (Lipinski definition) is 6. The molecule has 0 spiro atoms. The summed E-state index contributed by atoms with van der Waals surface area (Å²) < 4.78 is 95.1.